The van der Waals surface area contributed by atoms with Crippen molar-refractivity contribution in [2.24, 2.45) is 0 Å². The molecule has 1 aromatic carbocycles. The highest BCUT2D eigenvalue weighted by Gasteiger charge is 2.08. The fourth-order valence-electron chi connectivity index (χ4n) is 2.89. The molecule has 0 spiro atoms. The zero-order valence-electron chi connectivity index (χ0n) is 15.4. The van der Waals surface area contributed by atoms with Crippen molar-refractivity contribution in [1.29, 1.82) is 0 Å². The lowest BCUT2D eigenvalue weighted by molar-refractivity contribution is 0.311. The Morgan fingerprint density at radius 1 is 1.00 bits per heavy atom. The van der Waals surface area contributed by atoms with Gasteiger partial charge in [0.2, 0.25) is 5.95 Å². The van der Waals surface area contributed by atoms with Crippen LogP contribution in [-0.2, 0) is 0 Å². The molecule has 0 bridgehead atoms. The number of aryl methyl sites for hydroxylation is 1. The van der Waals surface area contributed by atoms with Gasteiger partial charge in [0.05, 0.1) is 12.1 Å². The van der Waals surface area contributed by atoms with E-state index in [1.54, 1.807) is 4.52 Å². The van der Waals surface area contributed by atoms with Gasteiger partial charge in [-0.25, -0.2) is 9.97 Å². The Kier molecular flexibility index (Phi) is 5.11. The highest BCUT2D eigenvalue weighted by atomic mass is 16.3. The van der Waals surface area contributed by atoms with Gasteiger partial charge in [-0.1, -0.05) is 12.1 Å². The SMILES string of the molecule is Cc1cc(NCCNc2nc(NCCO)c3ccccc3n2)n2ncnc2n1. The first kappa shape index (κ1) is 17.9. The number of hydrogen-bond donors (Lipinski definition) is 4. The molecule has 4 N–H and O–H groups in total. The molecule has 10 heteroatoms. The van der Waals surface area contributed by atoms with E-state index in [0.717, 1.165) is 22.4 Å². The summed E-state index contributed by atoms with van der Waals surface area (Å²) < 4.78 is 1.66. The number of rotatable bonds is 8. The predicted octanol–water partition coefficient (Wildman–Crippen LogP) is 1.30. The number of benzene rings is 1. The number of aromatic nitrogens is 6. The highest BCUT2D eigenvalue weighted by molar-refractivity contribution is 5.90. The Hall–Kier alpha value is -3.53. The van der Waals surface area contributed by atoms with Crippen LogP contribution in [0.2, 0.25) is 0 Å². The Balaban J connectivity index is 1.44. The number of aliphatic hydroxyl groups excluding tert-OH is 1. The quantitative estimate of drug-likeness (QED) is 0.335. The summed E-state index contributed by atoms with van der Waals surface area (Å²) in [6.45, 7) is 3.62. The fourth-order valence-corrected chi connectivity index (χ4v) is 2.89. The van der Waals surface area contributed by atoms with Crippen LogP contribution in [0.5, 0.6) is 0 Å². The molecule has 0 aliphatic rings. The van der Waals surface area contributed by atoms with Crippen molar-refractivity contribution < 1.29 is 5.11 Å². The van der Waals surface area contributed by atoms with E-state index in [4.69, 9.17) is 5.11 Å². The summed E-state index contributed by atoms with van der Waals surface area (Å²) in [5, 5.41) is 23.9. The van der Waals surface area contributed by atoms with Crippen molar-refractivity contribution in [1.82, 2.24) is 29.5 Å². The average molecular weight is 379 g/mol. The Morgan fingerprint density at radius 2 is 1.86 bits per heavy atom. The Morgan fingerprint density at radius 3 is 2.75 bits per heavy atom. The van der Waals surface area contributed by atoms with Gasteiger partial charge < -0.3 is 21.1 Å². The van der Waals surface area contributed by atoms with Crippen LogP contribution < -0.4 is 16.0 Å². The van der Waals surface area contributed by atoms with Gasteiger partial charge >= 0.3 is 0 Å². The van der Waals surface area contributed by atoms with Crippen LogP contribution in [-0.4, -0.2) is 60.9 Å². The van der Waals surface area contributed by atoms with Crippen LogP contribution in [0.4, 0.5) is 17.6 Å². The molecule has 4 aromatic rings. The van der Waals surface area contributed by atoms with Gasteiger partial charge in [-0.05, 0) is 19.1 Å². The van der Waals surface area contributed by atoms with Gasteiger partial charge in [-0.2, -0.15) is 19.6 Å². The molecule has 10 nitrogen and oxygen atoms in total. The monoisotopic (exact) mass is 379 g/mol. The maximum Gasteiger partial charge on any atom is 0.254 e. The second-order valence-electron chi connectivity index (χ2n) is 6.17. The molecule has 0 atom stereocenters. The summed E-state index contributed by atoms with van der Waals surface area (Å²) in [6.07, 6.45) is 1.48. The summed E-state index contributed by atoms with van der Waals surface area (Å²) in [6, 6.07) is 9.69. The minimum atomic E-state index is 0.0348. The largest absolute Gasteiger partial charge is 0.395 e. The molecule has 28 heavy (non-hydrogen) atoms. The molecule has 0 fully saturated rings. The molecule has 0 aliphatic carbocycles. The van der Waals surface area contributed by atoms with Gasteiger partial charge in [-0.3, -0.25) is 0 Å². The van der Waals surface area contributed by atoms with Gasteiger partial charge in [0, 0.05) is 36.8 Å². The van der Waals surface area contributed by atoms with E-state index in [-0.39, 0.29) is 6.61 Å². The van der Waals surface area contributed by atoms with Gasteiger partial charge in [-0.15, -0.1) is 0 Å². The van der Waals surface area contributed by atoms with Crippen LogP contribution >= 0.6 is 0 Å². The van der Waals surface area contributed by atoms with Crippen LogP contribution in [0.15, 0.2) is 36.7 Å². The third kappa shape index (κ3) is 3.76. The third-order valence-corrected chi connectivity index (χ3v) is 4.10. The second kappa shape index (κ2) is 8.01. The van der Waals surface area contributed by atoms with E-state index in [1.165, 1.54) is 6.33 Å². The zero-order valence-corrected chi connectivity index (χ0v) is 15.4. The lowest BCUT2D eigenvalue weighted by atomic mass is 10.2. The second-order valence-corrected chi connectivity index (χ2v) is 6.17. The molecule has 4 rings (SSSR count). The average Bonchev–Trinajstić information content (AvgIpc) is 3.17. The van der Waals surface area contributed by atoms with Gasteiger partial charge in [0.25, 0.3) is 5.78 Å². The van der Waals surface area contributed by atoms with Crippen molar-refractivity contribution in [2.75, 3.05) is 42.2 Å². The molecule has 0 saturated carbocycles. The topological polar surface area (TPSA) is 125 Å². The van der Waals surface area contributed by atoms with Crippen molar-refractivity contribution in [2.45, 2.75) is 6.92 Å². The number of hydrogen-bond acceptors (Lipinski definition) is 9. The number of nitrogens with zero attached hydrogens (tertiary/aromatic N) is 6. The van der Waals surface area contributed by atoms with Crippen molar-refractivity contribution in [3.63, 3.8) is 0 Å². The molecule has 0 aliphatic heterocycles. The summed E-state index contributed by atoms with van der Waals surface area (Å²) in [5.74, 6) is 2.61. The summed E-state index contributed by atoms with van der Waals surface area (Å²) in [7, 11) is 0. The Labute approximate surface area is 161 Å². The summed E-state index contributed by atoms with van der Waals surface area (Å²) in [4.78, 5) is 17.5. The molecule has 3 heterocycles. The van der Waals surface area contributed by atoms with Crippen LogP contribution in [0.25, 0.3) is 16.7 Å². The van der Waals surface area contributed by atoms with Gasteiger partial charge in [0.15, 0.2) is 0 Å². The molecule has 144 valence electrons. The number of anilines is 3. The first-order valence-electron chi connectivity index (χ1n) is 9.01. The van der Waals surface area contributed by atoms with Crippen LogP contribution in [0, 0.1) is 6.92 Å². The van der Waals surface area contributed by atoms with Crippen molar-refractivity contribution >= 4 is 34.3 Å². The standard InChI is InChI=1S/C18H21N9O/c1-12-10-15(27-18(24-12)22-11-23-27)19-6-7-21-17-25-14-5-3-2-4-13(14)16(26-17)20-8-9-28/h2-5,10-11,19,28H,6-9H2,1H3,(H2,20,21,25,26). The van der Waals surface area contributed by atoms with E-state index < -0.39 is 0 Å². The molecule has 0 radical (unpaired) electrons. The lowest BCUT2D eigenvalue weighted by Gasteiger charge is -2.12. The molecule has 3 aromatic heterocycles. The number of fused-ring (bicyclic) bond motifs is 2. The smallest absolute Gasteiger partial charge is 0.254 e. The molecule has 0 amide bonds. The molecule has 0 unspecified atom stereocenters. The lowest BCUT2D eigenvalue weighted by Crippen LogP contribution is -2.18. The number of aliphatic hydroxyl groups is 1. The van der Waals surface area contributed by atoms with Crippen LogP contribution in [0.3, 0.4) is 0 Å². The normalized spacial score (nSPS) is 11.1. The predicted molar refractivity (Wildman–Crippen MR) is 108 cm³/mol. The molecular weight excluding hydrogens is 358 g/mol. The first-order chi connectivity index (χ1) is 13.7. The summed E-state index contributed by atoms with van der Waals surface area (Å²) in [5.41, 5.74) is 1.70. The van der Waals surface area contributed by atoms with Crippen molar-refractivity contribution in [3.8, 4) is 0 Å². The minimum absolute atomic E-state index is 0.0348. The van der Waals surface area contributed by atoms with Gasteiger partial charge in [0.1, 0.15) is 18.0 Å². The van der Waals surface area contributed by atoms with Crippen molar-refractivity contribution in [3.05, 3.63) is 42.4 Å². The van der Waals surface area contributed by atoms with Crippen LogP contribution in [0.1, 0.15) is 5.69 Å². The highest BCUT2D eigenvalue weighted by Crippen LogP contribution is 2.21. The zero-order chi connectivity index (χ0) is 19.3. The fraction of sp³-hybridized carbons (Fsp3) is 0.278. The Bertz CT molecular complexity index is 1100. The minimum Gasteiger partial charge on any atom is -0.395 e. The molecular formula is C18H21N9O. The van der Waals surface area contributed by atoms with E-state index in [1.807, 2.05) is 37.3 Å². The maximum atomic E-state index is 9.08. The van der Waals surface area contributed by atoms with E-state index >= 15 is 0 Å². The molecule has 0 saturated heterocycles. The summed E-state index contributed by atoms with van der Waals surface area (Å²) >= 11 is 0. The van der Waals surface area contributed by atoms with E-state index in [0.29, 0.717) is 37.2 Å². The third-order valence-electron chi connectivity index (χ3n) is 4.10. The number of nitrogens with one attached hydrogen (secondary N) is 3. The van der Waals surface area contributed by atoms with E-state index in [9.17, 15) is 0 Å². The van der Waals surface area contributed by atoms with E-state index in [2.05, 4.69) is 41.0 Å². The number of para-hydroxylation sites is 1. The first-order valence-corrected chi connectivity index (χ1v) is 9.01. The maximum absolute atomic E-state index is 9.08.